The third kappa shape index (κ3) is 4.07. The molecule has 0 saturated heterocycles. The molecule has 1 heterocycles. The molecule has 172 valence electrons. The minimum absolute atomic E-state index is 0.0574. The minimum atomic E-state index is -0.581. The van der Waals surface area contributed by atoms with Crippen LogP contribution >= 0.6 is 0 Å². The number of esters is 1. The Morgan fingerprint density at radius 2 is 1.39 bits per heavy atom. The Hall–Kier alpha value is -4.90. The van der Waals surface area contributed by atoms with Crippen LogP contribution < -0.4 is 9.30 Å². The Morgan fingerprint density at radius 1 is 0.722 bits per heavy atom. The molecule has 0 aliphatic heterocycles. The molecule has 0 aliphatic rings. The molecule has 0 aliphatic carbocycles. The van der Waals surface area contributed by atoms with Crippen LogP contribution in [0.4, 0.5) is 0 Å². The topological polar surface area (TPSA) is 60.1 Å². The highest BCUT2D eigenvalue weighted by Crippen LogP contribution is 2.37. The van der Waals surface area contributed by atoms with Gasteiger partial charge in [0.15, 0.2) is 6.20 Å². The fourth-order valence-corrected chi connectivity index (χ4v) is 4.49. The number of benzene rings is 5. The number of carbonyl (C=O) groups is 2. The summed E-state index contributed by atoms with van der Waals surface area (Å²) in [6.45, 7) is 0.0933. The van der Waals surface area contributed by atoms with Crippen molar-refractivity contribution in [3.05, 3.63) is 127 Å². The number of hydrogen-bond donors (Lipinski definition) is 0. The van der Waals surface area contributed by atoms with E-state index in [-0.39, 0.29) is 18.0 Å². The fraction of sp³-hybridized carbons (Fsp3) is 0.0323. The maximum Gasteiger partial charge on any atom is 0.368 e. The minimum Gasteiger partial charge on any atom is -0.420 e. The first-order valence-corrected chi connectivity index (χ1v) is 11.7. The molecule has 0 unspecified atom stereocenters. The molecule has 0 N–H and O–H groups in total. The highest BCUT2D eigenvalue weighted by molar-refractivity contribution is 6.11. The molecule has 0 bridgehead atoms. The van der Waals surface area contributed by atoms with Crippen LogP contribution in [0.25, 0.3) is 32.3 Å². The van der Waals surface area contributed by atoms with Gasteiger partial charge in [0.25, 0.3) is 0 Å². The number of aromatic nitrogens is 2. The molecule has 0 atom stereocenters. The number of rotatable bonds is 5. The highest BCUT2D eigenvalue weighted by Gasteiger charge is 2.20. The molecule has 36 heavy (non-hydrogen) atoms. The van der Waals surface area contributed by atoms with Crippen LogP contribution in [0.2, 0.25) is 0 Å². The zero-order chi connectivity index (χ0) is 24.5. The molecular weight excluding hydrogens is 448 g/mol. The number of carbonyl (C=O) groups excluding carboxylic acids is 2. The van der Waals surface area contributed by atoms with Crippen molar-refractivity contribution < 1.29 is 18.9 Å². The molecule has 5 nitrogen and oxygen atoms in total. The van der Waals surface area contributed by atoms with Crippen molar-refractivity contribution in [2.75, 3.05) is 0 Å². The zero-order valence-electron chi connectivity index (χ0n) is 19.3. The van der Waals surface area contributed by atoms with Gasteiger partial charge in [0.1, 0.15) is 5.75 Å². The second kappa shape index (κ2) is 9.04. The van der Waals surface area contributed by atoms with E-state index >= 15 is 0 Å². The van der Waals surface area contributed by atoms with Crippen molar-refractivity contribution in [1.29, 1.82) is 0 Å². The fourth-order valence-electron chi connectivity index (χ4n) is 4.49. The van der Waals surface area contributed by atoms with E-state index in [1.807, 2.05) is 60.7 Å². The van der Waals surface area contributed by atoms with Gasteiger partial charge in [-0.2, -0.15) is 4.57 Å². The van der Waals surface area contributed by atoms with Crippen LogP contribution in [-0.2, 0) is 6.54 Å². The Kier molecular flexibility index (Phi) is 5.43. The van der Waals surface area contributed by atoms with Crippen molar-refractivity contribution in [3.8, 4) is 5.75 Å². The normalized spacial score (nSPS) is 11.1. The van der Waals surface area contributed by atoms with Gasteiger partial charge in [-0.3, -0.25) is 4.79 Å². The lowest BCUT2D eigenvalue weighted by atomic mass is 9.98. The van der Waals surface area contributed by atoms with E-state index in [9.17, 15) is 9.59 Å². The van der Waals surface area contributed by atoms with Crippen LogP contribution in [0.15, 0.2) is 116 Å². The van der Waals surface area contributed by atoms with Crippen molar-refractivity contribution in [2.24, 2.45) is 0 Å². The molecule has 0 spiro atoms. The first-order valence-electron chi connectivity index (χ1n) is 11.7. The molecule has 5 heteroatoms. The second-order valence-electron chi connectivity index (χ2n) is 8.64. The smallest absolute Gasteiger partial charge is 0.368 e. The van der Waals surface area contributed by atoms with Crippen molar-refractivity contribution in [1.82, 2.24) is 4.98 Å². The quantitative estimate of drug-likeness (QED) is 0.103. The van der Waals surface area contributed by atoms with Gasteiger partial charge in [-0.1, -0.05) is 78.9 Å². The lowest BCUT2D eigenvalue weighted by molar-refractivity contribution is -0.683. The van der Waals surface area contributed by atoms with Gasteiger partial charge in [0.05, 0.1) is 6.20 Å². The molecular formula is C31H21N2O3+. The standard InChI is InChI=1S/C31H21N2O3/c34-29(21-8-2-1-3-9-21)20-33-15-14-32-28(19-33)31(35)36-30-26-13-7-6-12-24(26)17-25-16-22-10-4-5-11-23(22)18-27(25)30/h1-19H,20H2/q+1. The Bertz CT molecular complexity index is 1770. The molecule has 1 aromatic heterocycles. The number of hydrogen-bond acceptors (Lipinski definition) is 4. The maximum atomic E-state index is 13.3. The number of fused-ring (bicyclic) bond motifs is 3. The van der Waals surface area contributed by atoms with Crippen molar-refractivity contribution in [2.45, 2.75) is 6.54 Å². The lowest BCUT2D eigenvalue weighted by Crippen LogP contribution is -2.38. The summed E-state index contributed by atoms with van der Waals surface area (Å²) in [5.74, 6) is -0.142. The van der Waals surface area contributed by atoms with Gasteiger partial charge in [-0.25, -0.2) is 9.78 Å². The summed E-state index contributed by atoms with van der Waals surface area (Å²) < 4.78 is 7.67. The van der Waals surface area contributed by atoms with Gasteiger partial charge < -0.3 is 4.74 Å². The Labute approximate surface area is 207 Å². The molecule has 6 rings (SSSR count). The third-order valence-electron chi connectivity index (χ3n) is 6.26. The molecule has 0 amide bonds. The Morgan fingerprint density at radius 3 is 2.19 bits per heavy atom. The molecule has 5 aromatic carbocycles. The number of Topliss-reactive ketones (excluding diaryl/α,β-unsaturated/α-hetero) is 1. The van der Waals surface area contributed by atoms with Crippen LogP contribution in [0.3, 0.4) is 0 Å². The summed E-state index contributed by atoms with van der Waals surface area (Å²) in [6.07, 6.45) is 4.71. The zero-order valence-corrected chi connectivity index (χ0v) is 19.3. The average molecular weight is 470 g/mol. The summed E-state index contributed by atoms with van der Waals surface area (Å²) in [7, 11) is 0. The van der Waals surface area contributed by atoms with Gasteiger partial charge in [0, 0.05) is 16.3 Å². The predicted molar refractivity (Wildman–Crippen MR) is 139 cm³/mol. The summed E-state index contributed by atoms with van der Waals surface area (Å²) in [5.41, 5.74) is 0.737. The summed E-state index contributed by atoms with van der Waals surface area (Å²) >= 11 is 0. The van der Waals surface area contributed by atoms with Crippen LogP contribution in [0.5, 0.6) is 5.75 Å². The second-order valence-corrected chi connectivity index (χ2v) is 8.64. The number of ether oxygens (including phenoxy) is 1. The van der Waals surface area contributed by atoms with Crippen LogP contribution in [0, 0.1) is 0 Å². The van der Waals surface area contributed by atoms with Crippen LogP contribution in [-0.4, -0.2) is 16.7 Å². The van der Waals surface area contributed by atoms with Crippen molar-refractivity contribution >= 4 is 44.1 Å². The van der Waals surface area contributed by atoms with E-state index in [2.05, 4.69) is 29.2 Å². The first kappa shape index (κ1) is 21.6. The van der Waals surface area contributed by atoms with Gasteiger partial charge in [-0.15, -0.1) is 0 Å². The molecule has 0 saturated carbocycles. The summed E-state index contributed by atoms with van der Waals surface area (Å²) in [4.78, 5) is 30.1. The van der Waals surface area contributed by atoms with E-state index in [4.69, 9.17) is 4.74 Å². The third-order valence-corrected chi connectivity index (χ3v) is 6.26. The molecule has 6 aromatic rings. The Balaban J connectivity index is 1.38. The first-order chi connectivity index (χ1) is 17.7. The largest absolute Gasteiger partial charge is 0.420 e. The van der Waals surface area contributed by atoms with E-state index in [1.54, 1.807) is 29.1 Å². The van der Waals surface area contributed by atoms with E-state index in [0.717, 1.165) is 32.3 Å². The summed E-state index contributed by atoms with van der Waals surface area (Å²) in [6, 6.07) is 31.3. The SMILES string of the molecule is O=C(C[n+]1ccnc(C(=O)Oc2c3ccccc3cc3cc4ccccc4cc23)c1)c1ccccc1. The van der Waals surface area contributed by atoms with Crippen molar-refractivity contribution in [3.63, 3.8) is 0 Å². The molecule has 0 fully saturated rings. The van der Waals surface area contributed by atoms with Gasteiger partial charge in [-0.05, 0) is 39.7 Å². The maximum absolute atomic E-state index is 13.3. The summed E-state index contributed by atoms with van der Waals surface area (Å²) in [5, 5.41) is 5.84. The number of ketones is 1. The van der Waals surface area contributed by atoms with E-state index < -0.39 is 5.97 Å². The van der Waals surface area contributed by atoms with Gasteiger partial charge >= 0.3 is 5.97 Å². The monoisotopic (exact) mass is 469 g/mol. The predicted octanol–water partition coefficient (Wildman–Crippen LogP) is 5.93. The number of nitrogens with zero attached hydrogens (tertiary/aromatic N) is 2. The van der Waals surface area contributed by atoms with E-state index in [0.29, 0.717) is 11.3 Å². The lowest BCUT2D eigenvalue weighted by Gasteiger charge is -2.12. The van der Waals surface area contributed by atoms with Gasteiger partial charge in [0.2, 0.25) is 24.2 Å². The highest BCUT2D eigenvalue weighted by atomic mass is 16.5. The average Bonchev–Trinajstić information content (AvgIpc) is 2.92. The molecule has 0 radical (unpaired) electrons. The van der Waals surface area contributed by atoms with E-state index in [1.165, 1.54) is 6.20 Å². The van der Waals surface area contributed by atoms with Crippen LogP contribution in [0.1, 0.15) is 20.8 Å².